The summed E-state index contributed by atoms with van der Waals surface area (Å²) in [5, 5.41) is 3.58. The van der Waals surface area contributed by atoms with Crippen LogP contribution >= 0.6 is 0 Å². The fraction of sp³-hybridized carbons (Fsp3) is 0.526. The normalized spacial score (nSPS) is 26.2. The molecule has 4 rings (SSSR count). The second-order valence-corrected chi connectivity index (χ2v) is 7.25. The molecule has 0 radical (unpaired) electrons. The van der Waals surface area contributed by atoms with Crippen LogP contribution in [0.3, 0.4) is 0 Å². The quantitative estimate of drug-likeness (QED) is 0.842. The number of carbonyl (C=O) groups is 3. The molecule has 1 N–H and O–H groups in total. The van der Waals surface area contributed by atoms with Gasteiger partial charge in [-0.3, -0.25) is 19.3 Å². The Bertz CT molecular complexity index is 684. The summed E-state index contributed by atoms with van der Waals surface area (Å²) in [5.41, 5.74) is 1.54. The average Bonchev–Trinajstić information content (AvgIpc) is 3.11. The summed E-state index contributed by atoms with van der Waals surface area (Å²) in [7, 11) is 0. The first-order valence-corrected chi connectivity index (χ1v) is 9.07. The first-order valence-electron chi connectivity index (χ1n) is 9.07. The molecule has 3 heterocycles. The standard InChI is InChI=1S/C19H23N3O3/c23-17-7-8-18(24)22(17)11-13-1-3-14(4-2-13)19(25)21-10-9-15-5-6-16(12-21)20-15/h1-4,15-16,20H,5-12H2. The summed E-state index contributed by atoms with van der Waals surface area (Å²) in [5.74, 6) is -0.163. The van der Waals surface area contributed by atoms with Crippen molar-refractivity contribution in [3.8, 4) is 0 Å². The average molecular weight is 341 g/mol. The molecule has 0 saturated carbocycles. The highest BCUT2D eigenvalue weighted by molar-refractivity contribution is 6.01. The van der Waals surface area contributed by atoms with Gasteiger partial charge in [0.2, 0.25) is 11.8 Å². The molecule has 132 valence electrons. The van der Waals surface area contributed by atoms with Crippen LogP contribution in [-0.2, 0) is 16.1 Å². The van der Waals surface area contributed by atoms with Gasteiger partial charge in [0.25, 0.3) is 5.91 Å². The summed E-state index contributed by atoms with van der Waals surface area (Å²) < 4.78 is 0. The number of imide groups is 1. The molecule has 25 heavy (non-hydrogen) atoms. The lowest BCUT2D eigenvalue weighted by molar-refractivity contribution is -0.139. The van der Waals surface area contributed by atoms with E-state index < -0.39 is 0 Å². The monoisotopic (exact) mass is 341 g/mol. The Morgan fingerprint density at radius 1 is 1.00 bits per heavy atom. The molecular formula is C19H23N3O3. The third kappa shape index (κ3) is 3.31. The smallest absolute Gasteiger partial charge is 0.253 e. The zero-order valence-corrected chi connectivity index (χ0v) is 14.2. The van der Waals surface area contributed by atoms with Crippen molar-refractivity contribution in [2.24, 2.45) is 0 Å². The lowest BCUT2D eigenvalue weighted by Crippen LogP contribution is -2.39. The first kappa shape index (κ1) is 16.3. The molecule has 2 unspecified atom stereocenters. The van der Waals surface area contributed by atoms with Crippen molar-refractivity contribution in [1.29, 1.82) is 0 Å². The van der Waals surface area contributed by atoms with Crippen molar-refractivity contribution in [3.63, 3.8) is 0 Å². The molecule has 0 spiro atoms. The van der Waals surface area contributed by atoms with E-state index >= 15 is 0 Å². The van der Waals surface area contributed by atoms with E-state index in [1.807, 2.05) is 17.0 Å². The fourth-order valence-corrected chi connectivity index (χ4v) is 4.04. The van der Waals surface area contributed by atoms with Crippen LogP contribution in [-0.4, -0.2) is 52.7 Å². The van der Waals surface area contributed by atoms with Gasteiger partial charge in [-0.15, -0.1) is 0 Å². The van der Waals surface area contributed by atoms with E-state index in [9.17, 15) is 14.4 Å². The largest absolute Gasteiger partial charge is 0.337 e. The van der Waals surface area contributed by atoms with Gasteiger partial charge in [0.05, 0.1) is 6.54 Å². The van der Waals surface area contributed by atoms with Gasteiger partial charge in [0.15, 0.2) is 0 Å². The molecule has 6 nitrogen and oxygen atoms in total. The second kappa shape index (κ2) is 6.59. The van der Waals surface area contributed by atoms with Crippen LogP contribution < -0.4 is 5.32 Å². The van der Waals surface area contributed by atoms with Crippen molar-refractivity contribution < 1.29 is 14.4 Å². The lowest BCUT2D eigenvalue weighted by atomic mass is 10.1. The van der Waals surface area contributed by atoms with Crippen LogP contribution in [0.2, 0.25) is 0 Å². The van der Waals surface area contributed by atoms with E-state index in [4.69, 9.17) is 0 Å². The molecule has 6 heteroatoms. The first-order chi connectivity index (χ1) is 12.1. The van der Waals surface area contributed by atoms with Crippen molar-refractivity contribution in [2.75, 3.05) is 13.1 Å². The maximum atomic E-state index is 12.8. The highest BCUT2D eigenvalue weighted by Gasteiger charge is 2.32. The minimum atomic E-state index is -0.114. The lowest BCUT2D eigenvalue weighted by Gasteiger charge is -2.24. The third-order valence-corrected chi connectivity index (χ3v) is 5.51. The summed E-state index contributed by atoms with van der Waals surface area (Å²) in [4.78, 5) is 39.4. The second-order valence-electron chi connectivity index (χ2n) is 7.25. The Hall–Kier alpha value is -2.21. The van der Waals surface area contributed by atoms with E-state index in [-0.39, 0.29) is 17.7 Å². The van der Waals surface area contributed by atoms with E-state index in [0.717, 1.165) is 31.5 Å². The minimum absolute atomic E-state index is 0.0641. The molecule has 0 aromatic heterocycles. The van der Waals surface area contributed by atoms with E-state index in [1.165, 1.54) is 11.3 Å². The van der Waals surface area contributed by atoms with Gasteiger partial charge in [-0.2, -0.15) is 0 Å². The van der Waals surface area contributed by atoms with Gasteiger partial charge in [0.1, 0.15) is 0 Å². The molecule has 1 aromatic carbocycles. The molecule has 0 aliphatic carbocycles. The molecule has 3 aliphatic rings. The van der Waals surface area contributed by atoms with Gasteiger partial charge in [-0.25, -0.2) is 0 Å². The van der Waals surface area contributed by atoms with Crippen LogP contribution in [0.1, 0.15) is 48.0 Å². The molecule has 2 atom stereocenters. The maximum absolute atomic E-state index is 12.8. The molecule has 3 saturated heterocycles. The van der Waals surface area contributed by atoms with Crippen LogP contribution in [0, 0.1) is 0 Å². The Labute approximate surface area is 147 Å². The Kier molecular flexibility index (Phi) is 4.29. The number of fused-ring (bicyclic) bond motifs is 2. The number of nitrogens with one attached hydrogen (secondary N) is 1. The SMILES string of the molecule is O=C(c1ccc(CN2C(=O)CCC2=O)cc1)N1CCC2CCC(C1)N2. The highest BCUT2D eigenvalue weighted by atomic mass is 16.2. The van der Waals surface area contributed by atoms with Crippen molar-refractivity contribution in [2.45, 2.75) is 50.7 Å². The van der Waals surface area contributed by atoms with Gasteiger partial charge < -0.3 is 10.2 Å². The zero-order chi connectivity index (χ0) is 17.4. The minimum Gasteiger partial charge on any atom is -0.337 e. The number of rotatable bonds is 3. The number of amides is 3. The van der Waals surface area contributed by atoms with Crippen LogP contribution in [0.15, 0.2) is 24.3 Å². The predicted octanol–water partition coefficient (Wildman–Crippen LogP) is 1.30. The number of nitrogens with zero attached hydrogens (tertiary/aromatic N) is 2. The molecule has 1 aromatic rings. The Morgan fingerprint density at radius 2 is 1.68 bits per heavy atom. The van der Waals surface area contributed by atoms with Crippen molar-refractivity contribution in [1.82, 2.24) is 15.1 Å². The van der Waals surface area contributed by atoms with E-state index in [2.05, 4.69) is 5.32 Å². The molecule has 2 bridgehead atoms. The fourth-order valence-electron chi connectivity index (χ4n) is 4.04. The van der Waals surface area contributed by atoms with Gasteiger partial charge in [-0.1, -0.05) is 12.1 Å². The predicted molar refractivity (Wildman–Crippen MR) is 91.7 cm³/mol. The molecular weight excluding hydrogens is 318 g/mol. The number of likely N-dealkylation sites (tertiary alicyclic amines) is 2. The van der Waals surface area contributed by atoms with Gasteiger partial charge in [-0.05, 0) is 37.0 Å². The number of hydrogen-bond acceptors (Lipinski definition) is 4. The molecule has 3 fully saturated rings. The molecule has 3 amide bonds. The summed E-state index contributed by atoms with van der Waals surface area (Å²) in [6, 6.07) is 8.27. The summed E-state index contributed by atoms with van der Waals surface area (Å²) in [6.07, 6.45) is 3.99. The maximum Gasteiger partial charge on any atom is 0.253 e. The van der Waals surface area contributed by atoms with Crippen LogP contribution in [0.25, 0.3) is 0 Å². The highest BCUT2D eigenvalue weighted by Crippen LogP contribution is 2.22. The van der Waals surface area contributed by atoms with Crippen molar-refractivity contribution >= 4 is 17.7 Å². The number of benzene rings is 1. The van der Waals surface area contributed by atoms with E-state index in [0.29, 0.717) is 37.0 Å². The van der Waals surface area contributed by atoms with E-state index in [1.54, 1.807) is 12.1 Å². The van der Waals surface area contributed by atoms with Gasteiger partial charge in [0, 0.05) is 43.6 Å². The Balaban J connectivity index is 1.42. The Morgan fingerprint density at radius 3 is 2.40 bits per heavy atom. The number of hydrogen-bond donors (Lipinski definition) is 1. The topological polar surface area (TPSA) is 69.7 Å². The third-order valence-electron chi connectivity index (χ3n) is 5.51. The summed E-state index contributed by atoms with van der Waals surface area (Å²) in [6.45, 7) is 1.86. The number of carbonyl (C=O) groups excluding carboxylic acids is 3. The van der Waals surface area contributed by atoms with Crippen LogP contribution in [0.4, 0.5) is 0 Å². The zero-order valence-electron chi connectivity index (χ0n) is 14.2. The van der Waals surface area contributed by atoms with Gasteiger partial charge >= 0.3 is 0 Å². The van der Waals surface area contributed by atoms with Crippen molar-refractivity contribution in [3.05, 3.63) is 35.4 Å². The molecule has 3 aliphatic heterocycles. The van der Waals surface area contributed by atoms with Crippen LogP contribution in [0.5, 0.6) is 0 Å². The summed E-state index contributed by atoms with van der Waals surface area (Å²) >= 11 is 0.